The molecule has 2 rings (SSSR count). The number of carbonyl (C=O) groups excluding carboxylic acids is 2. The lowest BCUT2D eigenvalue weighted by Crippen LogP contribution is -2.50. The number of esters is 1. The Bertz CT molecular complexity index is 725. The molecule has 0 spiro atoms. The quantitative estimate of drug-likeness (QED) is 0.335. The number of hydrogen-bond donors (Lipinski definition) is 1. The summed E-state index contributed by atoms with van der Waals surface area (Å²) in [4.78, 5) is 34.5. The van der Waals surface area contributed by atoms with Crippen LogP contribution in [0, 0.1) is 21.4 Å². The molecule has 26 heavy (non-hydrogen) atoms. The average molecular weight is 377 g/mol. The van der Waals surface area contributed by atoms with E-state index >= 15 is 0 Å². The lowest BCUT2D eigenvalue weighted by Gasteiger charge is -2.31. The molecular weight excluding hydrogens is 358 g/mol. The molecule has 0 saturated heterocycles. The third kappa shape index (κ3) is 5.46. The maximum atomic E-state index is 12.0. The highest BCUT2D eigenvalue weighted by molar-refractivity contribution is 8.00. The van der Waals surface area contributed by atoms with Gasteiger partial charge in [-0.2, -0.15) is 5.26 Å². The van der Waals surface area contributed by atoms with Crippen molar-refractivity contribution in [2.24, 2.45) is 0 Å². The second kappa shape index (κ2) is 9.20. The number of nitrogens with zero attached hydrogens (tertiary/aromatic N) is 2. The number of nitro benzene ring substituents is 1. The summed E-state index contributed by atoms with van der Waals surface area (Å²) in [5, 5.41) is 22.9. The van der Waals surface area contributed by atoms with E-state index in [0.717, 1.165) is 31.0 Å². The molecule has 1 N–H and O–H groups in total. The summed E-state index contributed by atoms with van der Waals surface area (Å²) < 4.78 is 4.91. The number of ether oxygens (including phenoxy) is 1. The summed E-state index contributed by atoms with van der Waals surface area (Å²) >= 11 is 0.974. The van der Waals surface area contributed by atoms with Crippen LogP contribution in [0.15, 0.2) is 29.2 Å². The molecule has 1 aliphatic rings. The van der Waals surface area contributed by atoms with Gasteiger partial charge in [0.1, 0.15) is 5.54 Å². The van der Waals surface area contributed by atoms with Gasteiger partial charge in [-0.25, -0.2) is 0 Å². The van der Waals surface area contributed by atoms with Crippen molar-refractivity contribution in [3.63, 3.8) is 0 Å². The Labute approximate surface area is 155 Å². The van der Waals surface area contributed by atoms with Crippen molar-refractivity contribution < 1.29 is 19.2 Å². The first-order valence-electron chi connectivity index (χ1n) is 8.20. The molecule has 1 aromatic carbocycles. The molecule has 1 aromatic rings. The van der Waals surface area contributed by atoms with E-state index in [1.54, 1.807) is 18.2 Å². The molecule has 1 fully saturated rings. The molecule has 9 heteroatoms. The van der Waals surface area contributed by atoms with Crippen molar-refractivity contribution in [1.82, 2.24) is 5.32 Å². The minimum atomic E-state index is -0.874. The van der Waals surface area contributed by atoms with Gasteiger partial charge >= 0.3 is 5.97 Å². The molecule has 0 radical (unpaired) electrons. The highest BCUT2D eigenvalue weighted by Gasteiger charge is 2.33. The summed E-state index contributed by atoms with van der Waals surface area (Å²) in [6.45, 7) is -0.473. The van der Waals surface area contributed by atoms with Crippen LogP contribution in [0.5, 0.6) is 0 Å². The molecule has 0 aliphatic heterocycles. The van der Waals surface area contributed by atoms with Crippen molar-refractivity contribution in [1.29, 1.82) is 5.26 Å². The molecule has 1 amide bonds. The van der Waals surface area contributed by atoms with Crippen LogP contribution < -0.4 is 5.32 Å². The molecule has 0 heterocycles. The van der Waals surface area contributed by atoms with Crippen molar-refractivity contribution in [2.45, 2.75) is 42.5 Å². The zero-order valence-electron chi connectivity index (χ0n) is 14.1. The Morgan fingerprint density at radius 3 is 2.65 bits per heavy atom. The van der Waals surface area contributed by atoms with Crippen molar-refractivity contribution in [3.05, 3.63) is 34.4 Å². The van der Waals surface area contributed by atoms with Gasteiger partial charge in [0, 0.05) is 6.07 Å². The third-order valence-electron chi connectivity index (χ3n) is 4.07. The summed E-state index contributed by atoms with van der Waals surface area (Å²) in [6, 6.07) is 8.24. The van der Waals surface area contributed by atoms with Gasteiger partial charge in [0.05, 0.1) is 21.6 Å². The molecule has 0 atom stereocenters. The fraction of sp³-hybridized carbons (Fsp3) is 0.471. The van der Waals surface area contributed by atoms with E-state index in [2.05, 4.69) is 11.4 Å². The van der Waals surface area contributed by atoms with Gasteiger partial charge in [-0.3, -0.25) is 19.7 Å². The second-order valence-corrected chi connectivity index (χ2v) is 6.99. The van der Waals surface area contributed by atoms with Crippen molar-refractivity contribution in [2.75, 3.05) is 12.4 Å². The van der Waals surface area contributed by atoms with E-state index in [4.69, 9.17) is 4.74 Å². The second-order valence-electron chi connectivity index (χ2n) is 5.98. The predicted molar refractivity (Wildman–Crippen MR) is 94.4 cm³/mol. The molecule has 0 unspecified atom stereocenters. The van der Waals surface area contributed by atoms with Gasteiger partial charge in [0.15, 0.2) is 6.61 Å². The number of hydrogen-bond acceptors (Lipinski definition) is 7. The van der Waals surface area contributed by atoms with Gasteiger partial charge in [0.2, 0.25) is 0 Å². The number of nitrogens with one attached hydrogen (secondary N) is 1. The minimum Gasteiger partial charge on any atom is -0.455 e. The van der Waals surface area contributed by atoms with E-state index in [9.17, 15) is 25.0 Å². The van der Waals surface area contributed by atoms with Crippen LogP contribution in [0.4, 0.5) is 5.69 Å². The monoisotopic (exact) mass is 377 g/mol. The van der Waals surface area contributed by atoms with Crippen LogP contribution in [0.2, 0.25) is 0 Å². The first kappa shape index (κ1) is 19.7. The lowest BCUT2D eigenvalue weighted by atomic mass is 9.83. The number of benzene rings is 1. The first-order chi connectivity index (χ1) is 12.5. The van der Waals surface area contributed by atoms with Crippen LogP contribution in [0.1, 0.15) is 32.1 Å². The molecule has 0 bridgehead atoms. The highest BCUT2D eigenvalue weighted by Crippen LogP contribution is 2.29. The Morgan fingerprint density at radius 1 is 1.31 bits per heavy atom. The standard InChI is InChI=1S/C17H19N3O5S/c18-12-17(8-4-1-5-9-17)19-15(21)10-25-16(22)11-26-14-7-3-2-6-13(14)20(23)24/h2-3,6-7H,1,4-5,8-11H2,(H,19,21). The number of thioether (sulfide) groups is 1. The molecular formula is C17H19N3O5S. The molecule has 1 saturated carbocycles. The van der Waals surface area contributed by atoms with E-state index in [0.29, 0.717) is 17.7 Å². The van der Waals surface area contributed by atoms with Crippen LogP contribution in [-0.4, -0.2) is 34.7 Å². The summed E-state index contributed by atoms with van der Waals surface area (Å²) in [7, 11) is 0. The zero-order chi connectivity index (χ0) is 19.0. The number of para-hydroxylation sites is 1. The summed E-state index contributed by atoms with van der Waals surface area (Å²) in [6.07, 6.45) is 3.98. The fourth-order valence-electron chi connectivity index (χ4n) is 2.78. The van der Waals surface area contributed by atoms with Crippen molar-refractivity contribution >= 4 is 29.3 Å². The largest absolute Gasteiger partial charge is 0.455 e. The SMILES string of the molecule is N#CC1(NC(=O)COC(=O)CSc2ccccc2[N+](=O)[O-])CCCCC1. The fourth-order valence-corrected chi connectivity index (χ4v) is 3.60. The Kier molecular flexibility index (Phi) is 6.97. The summed E-state index contributed by atoms with van der Waals surface area (Å²) in [5.74, 6) is -1.32. The number of nitro groups is 1. The van der Waals surface area contributed by atoms with Crippen LogP contribution in [0.3, 0.4) is 0 Å². The topological polar surface area (TPSA) is 122 Å². The maximum Gasteiger partial charge on any atom is 0.316 e. The molecule has 0 aromatic heterocycles. The average Bonchev–Trinajstić information content (AvgIpc) is 2.65. The third-order valence-corrected chi connectivity index (χ3v) is 5.11. The van der Waals surface area contributed by atoms with Gasteiger partial charge in [-0.1, -0.05) is 31.4 Å². The Hall–Kier alpha value is -2.60. The molecule has 138 valence electrons. The smallest absolute Gasteiger partial charge is 0.316 e. The molecule has 8 nitrogen and oxygen atoms in total. The highest BCUT2D eigenvalue weighted by atomic mass is 32.2. The van der Waals surface area contributed by atoms with Crippen molar-refractivity contribution in [3.8, 4) is 6.07 Å². The zero-order valence-corrected chi connectivity index (χ0v) is 14.9. The number of nitriles is 1. The maximum absolute atomic E-state index is 12.0. The predicted octanol–water partition coefficient (Wildman–Crippen LogP) is 2.57. The van der Waals surface area contributed by atoms with Gasteiger partial charge in [0.25, 0.3) is 11.6 Å². The summed E-state index contributed by atoms with van der Waals surface area (Å²) in [5.41, 5.74) is -0.961. The first-order valence-corrected chi connectivity index (χ1v) is 9.18. The van der Waals surface area contributed by atoms with E-state index in [-0.39, 0.29) is 11.4 Å². The van der Waals surface area contributed by atoms with Gasteiger partial charge in [-0.15, -0.1) is 11.8 Å². The van der Waals surface area contributed by atoms with Crippen LogP contribution in [-0.2, 0) is 14.3 Å². The van der Waals surface area contributed by atoms with E-state index < -0.39 is 28.9 Å². The van der Waals surface area contributed by atoms with E-state index in [1.165, 1.54) is 6.07 Å². The van der Waals surface area contributed by atoms with Crippen LogP contribution >= 0.6 is 11.8 Å². The van der Waals surface area contributed by atoms with E-state index in [1.807, 2.05) is 0 Å². The minimum absolute atomic E-state index is 0.0868. The Morgan fingerprint density at radius 2 is 2.00 bits per heavy atom. The normalized spacial score (nSPS) is 15.5. The number of rotatable bonds is 7. The van der Waals surface area contributed by atoms with Crippen LogP contribution in [0.25, 0.3) is 0 Å². The number of carbonyl (C=O) groups is 2. The Balaban J connectivity index is 1.79. The van der Waals surface area contributed by atoms with Gasteiger partial charge < -0.3 is 10.1 Å². The molecule has 1 aliphatic carbocycles. The van der Waals surface area contributed by atoms with Gasteiger partial charge in [-0.05, 0) is 18.9 Å². The number of amides is 1. The lowest BCUT2D eigenvalue weighted by molar-refractivity contribution is -0.387.